The number of carbonyl (C=O) groups excluding carboxylic acids is 1. The van der Waals surface area contributed by atoms with Crippen LogP contribution in [0.3, 0.4) is 0 Å². The lowest BCUT2D eigenvalue weighted by atomic mass is 9.99. The molecular formula is C13H19N3O3. The van der Waals surface area contributed by atoms with Gasteiger partial charge in [0.15, 0.2) is 0 Å². The second-order valence-electron chi connectivity index (χ2n) is 5.24. The molecule has 2 rings (SSSR count). The monoisotopic (exact) mass is 265 g/mol. The first kappa shape index (κ1) is 13.6. The quantitative estimate of drug-likeness (QED) is 0.861. The van der Waals surface area contributed by atoms with Gasteiger partial charge in [0, 0.05) is 32.8 Å². The van der Waals surface area contributed by atoms with Crippen molar-refractivity contribution in [2.24, 2.45) is 18.9 Å². The highest BCUT2D eigenvalue weighted by atomic mass is 16.4. The summed E-state index contributed by atoms with van der Waals surface area (Å²) in [5, 5.41) is 13.1. The molecule has 1 saturated heterocycles. The molecular weight excluding hydrogens is 246 g/mol. The normalized spacial score (nSPS) is 22.7. The van der Waals surface area contributed by atoms with E-state index in [1.54, 1.807) is 15.8 Å². The highest BCUT2D eigenvalue weighted by Gasteiger charge is 2.36. The molecule has 1 aromatic heterocycles. The van der Waals surface area contributed by atoms with Crippen LogP contribution in [0, 0.1) is 11.8 Å². The van der Waals surface area contributed by atoms with Gasteiger partial charge in [-0.1, -0.05) is 6.92 Å². The number of hydrogen-bond acceptors (Lipinski definition) is 3. The van der Waals surface area contributed by atoms with Crippen LogP contribution in [-0.2, 0) is 23.1 Å². The van der Waals surface area contributed by atoms with E-state index < -0.39 is 11.9 Å². The zero-order chi connectivity index (χ0) is 14.0. The zero-order valence-corrected chi connectivity index (χ0v) is 11.2. The number of rotatable bonds is 4. The Morgan fingerprint density at radius 1 is 1.47 bits per heavy atom. The molecule has 6 heteroatoms. The smallest absolute Gasteiger partial charge is 0.308 e. The number of aromatic nitrogens is 2. The Bertz CT molecular complexity index is 483. The van der Waals surface area contributed by atoms with Crippen molar-refractivity contribution >= 4 is 11.9 Å². The Balaban J connectivity index is 1.86. The van der Waals surface area contributed by atoms with Crippen LogP contribution in [0.4, 0.5) is 0 Å². The van der Waals surface area contributed by atoms with E-state index in [1.165, 1.54) is 0 Å². The molecule has 19 heavy (non-hydrogen) atoms. The predicted octanol–water partition coefficient (Wildman–Crippen LogP) is 0.532. The SMILES string of the molecule is C[C@@H]1CN(C(=O)CCc2cnn(C)c2)C[C@H]1C(=O)O. The maximum absolute atomic E-state index is 12.0. The molecule has 1 amide bonds. The Morgan fingerprint density at radius 2 is 2.21 bits per heavy atom. The molecule has 1 aliphatic heterocycles. The summed E-state index contributed by atoms with van der Waals surface area (Å²) in [6.45, 7) is 2.76. The van der Waals surface area contributed by atoms with E-state index in [4.69, 9.17) is 5.11 Å². The molecule has 0 spiro atoms. The van der Waals surface area contributed by atoms with Crippen molar-refractivity contribution in [3.8, 4) is 0 Å². The fourth-order valence-corrected chi connectivity index (χ4v) is 2.50. The summed E-state index contributed by atoms with van der Waals surface area (Å²) in [5.74, 6) is -1.18. The van der Waals surface area contributed by atoms with E-state index in [0.717, 1.165) is 5.56 Å². The van der Waals surface area contributed by atoms with Gasteiger partial charge >= 0.3 is 5.97 Å². The number of hydrogen-bond donors (Lipinski definition) is 1. The van der Waals surface area contributed by atoms with Gasteiger partial charge in [0.25, 0.3) is 0 Å². The van der Waals surface area contributed by atoms with E-state index in [2.05, 4.69) is 5.10 Å². The third-order valence-electron chi connectivity index (χ3n) is 3.67. The summed E-state index contributed by atoms with van der Waals surface area (Å²) in [6.07, 6.45) is 4.69. The summed E-state index contributed by atoms with van der Waals surface area (Å²) in [7, 11) is 1.84. The fraction of sp³-hybridized carbons (Fsp3) is 0.615. The number of aryl methyl sites for hydroxylation is 2. The Hall–Kier alpha value is -1.85. The largest absolute Gasteiger partial charge is 0.481 e. The molecule has 2 heterocycles. The van der Waals surface area contributed by atoms with Gasteiger partial charge in [-0.05, 0) is 17.9 Å². The summed E-state index contributed by atoms with van der Waals surface area (Å²) in [6, 6.07) is 0. The summed E-state index contributed by atoms with van der Waals surface area (Å²) >= 11 is 0. The minimum atomic E-state index is -0.810. The predicted molar refractivity (Wildman–Crippen MR) is 68.4 cm³/mol. The fourth-order valence-electron chi connectivity index (χ4n) is 2.50. The molecule has 0 saturated carbocycles. The van der Waals surface area contributed by atoms with Crippen molar-refractivity contribution in [1.29, 1.82) is 0 Å². The lowest BCUT2D eigenvalue weighted by molar-refractivity contribution is -0.142. The van der Waals surface area contributed by atoms with Crippen LogP contribution in [0.5, 0.6) is 0 Å². The first-order valence-electron chi connectivity index (χ1n) is 6.45. The molecule has 0 aromatic carbocycles. The highest BCUT2D eigenvalue weighted by Crippen LogP contribution is 2.23. The van der Waals surface area contributed by atoms with Gasteiger partial charge < -0.3 is 10.0 Å². The maximum atomic E-state index is 12.0. The Morgan fingerprint density at radius 3 is 2.74 bits per heavy atom. The third kappa shape index (κ3) is 3.13. The molecule has 1 aliphatic rings. The first-order chi connectivity index (χ1) is 8.97. The first-order valence-corrected chi connectivity index (χ1v) is 6.45. The number of carbonyl (C=O) groups is 2. The molecule has 0 bridgehead atoms. The number of aliphatic carboxylic acids is 1. The Labute approximate surface area is 112 Å². The molecule has 1 N–H and O–H groups in total. The minimum Gasteiger partial charge on any atom is -0.481 e. The third-order valence-corrected chi connectivity index (χ3v) is 3.67. The van der Waals surface area contributed by atoms with Crippen molar-refractivity contribution < 1.29 is 14.7 Å². The number of likely N-dealkylation sites (tertiary alicyclic amines) is 1. The van der Waals surface area contributed by atoms with Crippen LogP contribution in [0.25, 0.3) is 0 Å². The van der Waals surface area contributed by atoms with E-state index >= 15 is 0 Å². The molecule has 0 aliphatic carbocycles. The molecule has 2 atom stereocenters. The van der Waals surface area contributed by atoms with Crippen LogP contribution < -0.4 is 0 Å². The lowest BCUT2D eigenvalue weighted by Crippen LogP contribution is -2.30. The molecule has 0 unspecified atom stereocenters. The lowest BCUT2D eigenvalue weighted by Gasteiger charge is -2.15. The van der Waals surface area contributed by atoms with E-state index in [1.807, 2.05) is 20.2 Å². The van der Waals surface area contributed by atoms with Gasteiger partial charge in [-0.25, -0.2) is 0 Å². The molecule has 0 radical (unpaired) electrons. The van der Waals surface area contributed by atoms with Crippen molar-refractivity contribution in [3.05, 3.63) is 18.0 Å². The van der Waals surface area contributed by atoms with Crippen molar-refractivity contribution in [3.63, 3.8) is 0 Å². The molecule has 1 aromatic rings. The summed E-state index contributed by atoms with van der Waals surface area (Å²) in [4.78, 5) is 24.7. The van der Waals surface area contributed by atoms with Crippen molar-refractivity contribution in [2.45, 2.75) is 19.8 Å². The average molecular weight is 265 g/mol. The van der Waals surface area contributed by atoms with E-state index in [-0.39, 0.29) is 11.8 Å². The van der Waals surface area contributed by atoms with Gasteiger partial charge in [0.2, 0.25) is 5.91 Å². The topological polar surface area (TPSA) is 75.4 Å². The number of carboxylic acids is 1. The summed E-state index contributed by atoms with van der Waals surface area (Å²) < 4.78 is 1.71. The van der Waals surface area contributed by atoms with Crippen LogP contribution >= 0.6 is 0 Å². The van der Waals surface area contributed by atoms with Crippen LogP contribution in [-0.4, -0.2) is 44.8 Å². The van der Waals surface area contributed by atoms with Crippen LogP contribution in [0.1, 0.15) is 18.9 Å². The van der Waals surface area contributed by atoms with Gasteiger partial charge in [-0.3, -0.25) is 14.3 Å². The van der Waals surface area contributed by atoms with Gasteiger partial charge in [0.05, 0.1) is 12.1 Å². The van der Waals surface area contributed by atoms with Crippen molar-refractivity contribution in [1.82, 2.24) is 14.7 Å². The summed E-state index contributed by atoms with van der Waals surface area (Å²) in [5.41, 5.74) is 1.03. The van der Waals surface area contributed by atoms with E-state index in [9.17, 15) is 9.59 Å². The van der Waals surface area contributed by atoms with Gasteiger partial charge in [0.1, 0.15) is 0 Å². The van der Waals surface area contributed by atoms with Gasteiger partial charge in [-0.2, -0.15) is 5.10 Å². The van der Waals surface area contributed by atoms with Crippen molar-refractivity contribution in [2.75, 3.05) is 13.1 Å². The number of carboxylic acid groups (broad SMARTS) is 1. The second-order valence-corrected chi connectivity index (χ2v) is 5.24. The van der Waals surface area contributed by atoms with Crippen LogP contribution in [0.15, 0.2) is 12.4 Å². The second kappa shape index (κ2) is 5.42. The van der Waals surface area contributed by atoms with E-state index in [0.29, 0.717) is 25.9 Å². The standard InChI is InChI=1S/C13H19N3O3/c1-9-6-16(8-11(9)13(18)19)12(17)4-3-10-5-14-15(2)7-10/h5,7,9,11H,3-4,6,8H2,1-2H3,(H,18,19)/t9-,11-/m1/s1. The Kier molecular flexibility index (Phi) is 3.87. The molecule has 104 valence electrons. The average Bonchev–Trinajstić information content (AvgIpc) is 2.92. The zero-order valence-electron chi connectivity index (χ0n) is 11.2. The molecule has 1 fully saturated rings. The number of nitrogens with zero attached hydrogens (tertiary/aromatic N) is 3. The minimum absolute atomic E-state index is 0.0273. The van der Waals surface area contributed by atoms with Crippen LogP contribution in [0.2, 0.25) is 0 Å². The van der Waals surface area contributed by atoms with Gasteiger partial charge in [-0.15, -0.1) is 0 Å². The highest BCUT2D eigenvalue weighted by molar-refractivity contribution is 5.79. The number of amides is 1. The maximum Gasteiger partial charge on any atom is 0.308 e. The molecule has 6 nitrogen and oxygen atoms in total.